The van der Waals surface area contributed by atoms with Crippen molar-refractivity contribution in [2.45, 2.75) is 45.3 Å². The number of hydrogen-bond acceptors (Lipinski definition) is 10. The normalized spacial score (nSPS) is 23.7. The Labute approximate surface area is 171 Å². The van der Waals surface area contributed by atoms with Crippen LogP contribution in [0.1, 0.15) is 27.0 Å². The smallest absolute Gasteiger partial charge is 0.303 e. The molecule has 4 unspecified atom stereocenters. The largest absolute Gasteiger partial charge is 0.463 e. The van der Waals surface area contributed by atoms with Gasteiger partial charge in [0.15, 0.2) is 34.3 Å². The molecule has 1 fully saturated rings. The van der Waals surface area contributed by atoms with Gasteiger partial charge in [-0.1, -0.05) is 0 Å². The molecule has 0 radical (unpaired) electrons. The van der Waals surface area contributed by atoms with Gasteiger partial charge >= 0.3 is 17.9 Å². The molecule has 12 nitrogen and oxygen atoms in total. The maximum absolute atomic E-state index is 12.4. The van der Waals surface area contributed by atoms with Gasteiger partial charge in [-0.3, -0.25) is 28.7 Å². The highest BCUT2D eigenvalue weighted by atomic mass is 79.9. The first kappa shape index (κ1) is 20.9. The van der Waals surface area contributed by atoms with Gasteiger partial charge in [-0.05, 0) is 15.9 Å². The average Bonchev–Trinajstić information content (AvgIpc) is 3.14. The van der Waals surface area contributed by atoms with Gasteiger partial charge in [0.2, 0.25) is 0 Å². The van der Waals surface area contributed by atoms with Crippen molar-refractivity contribution in [2.24, 2.45) is 0 Å². The standard InChI is InChI=1S/C16H17BrN4O8/c1-6(22)26-4-9-11(27-7(2)23)12(28-8(3)24)15(29-9)21-5-18-13-10(21)14(25)20-16(17)19-13/h5,9,11-12,15H,4H2,1-3H3,(H,19,20,25). The number of hydrogen-bond donors (Lipinski definition) is 1. The van der Waals surface area contributed by atoms with Gasteiger partial charge in [-0.15, -0.1) is 0 Å². The number of aromatic nitrogens is 4. The minimum absolute atomic E-state index is 0.0602. The van der Waals surface area contributed by atoms with Crippen LogP contribution >= 0.6 is 15.9 Å². The van der Waals surface area contributed by atoms with Gasteiger partial charge in [0.05, 0.1) is 0 Å². The van der Waals surface area contributed by atoms with Crippen LogP contribution in [-0.4, -0.2) is 62.3 Å². The molecular formula is C16H17BrN4O8. The highest BCUT2D eigenvalue weighted by Crippen LogP contribution is 2.35. The fourth-order valence-corrected chi connectivity index (χ4v) is 3.38. The summed E-state index contributed by atoms with van der Waals surface area (Å²) in [5.74, 6) is -1.88. The van der Waals surface area contributed by atoms with Crippen molar-refractivity contribution in [1.82, 2.24) is 19.5 Å². The Bertz CT molecular complexity index is 1020. The van der Waals surface area contributed by atoms with Crippen LogP contribution in [0.4, 0.5) is 0 Å². The second-order valence-electron chi connectivity index (χ2n) is 6.20. The first-order valence-electron chi connectivity index (χ1n) is 8.43. The Morgan fingerprint density at radius 2 is 1.83 bits per heavy atom. The summed E-state index contributed by atoms with van der Waals surface area (Å²) in [6.07, 6.45) is -2.95. The highest BCUT2D eigenvalue weighted by Gasteiger charge is 2.51. The number of aromatic amines is 1. The summed E-state index contributed by atoms with van der Waals surface area (Å²) < 4.78 is 23.0. The molecule has 29 heavy (non-hydrogen) atoms. The molecular weight excluding hydrogens is 456 g/mol. The lowest BCUT2D eigenvalue weighted by molar-refractivity contribution is -0.166. The number of nitrogens with zero attached hydrogens (tertiary/aromatic N) is 3. The summed E-state index contributed by atoms with van der Waals surface area (Å²) in [5, 5.41) is 0. The van der Waals surface area contributed by atoms with Crippen LogP contribution in [-0.2, 0) is 33.3 Å². The topological polar surface area (TPSA) is 152 Å². The molecule has 3 heterocycles. The van der Waals surface area contributed by atoms with Gasteiger partial charge in [-0.25, -0.2) is 9.97 Å². The zero-order valence-electron chi connectivity index (χ0n) is 15.6. The number of H-pyrrole nitrogens is 1. The summed E-state index contributed by atoms with van der Waals surface area (Å²) in [5.41, 5.74) is -0.333. The molecule has 0 aromatic carbocycles. The number of fused-ring (bicyclic) bond motifs is 1. The van der Waals surface area contributed by atoms with Crippen molar-refractivity contribution in [1.29, 1.82) is 0 Å². The molecule has 1 aliphatic heterocycles. The molecule has 4 atom stereocenters. The van der Waals surface area contributed by atoms with Crippen molar-refractivity contribution >= 4 is 45.0 Å². The van der Waals surface area contributed by atoms with Gasteiger partial charge in [0, 0.05) is 20.8 Å². The molecule has 2 aromatic rings. The molecule has 0 amide bonds. The second kappa shape index (κ2) is 8.29. The zero-order valence-corrected chi connectivity index (χ0v) is 17.2. The number of imidazole rings is 1. The van der Waals surface area contributed by atoms with Crippen LogP contribution in [0.25, 0.3) is 11.2 Å². The Hall–Kier alpha value is -2.80. The van der Waals surface area contributed by atoms with E-state index in [1.54, 1.807) is 0 Å². The summed E-state index contributed by atoms with van der Waals surface area (Å²) in [4.78, 5) is 57.5. The van der Waals surface area contributed by atoms with Crippen LogP contribution in [0.3, 0.4) is 0 Å². The summed E-state index contributed by atoms with van der Waals surface area (Å²) in [7, 11) is 0. The van der Waals surface area contributed by atoms with E-state index in [0.29, 0.717) is 0 Å². The third-order valence-electron chi connectivity index (χ3n) is 4.02. The van der Waals surface area contributed by atoms with E-state index in [1.807, 2.05) is 0 Å². The van der Waals surface area contributed by atoms with E-state index in [2.05, 4.69) is 30.9 Å². The minimum atomic E-state index is -1.13. The van der Waals surface area contributed by atoms with E-state index in [-0.39, 0.29) is 22.5 Å². The van der Waals surface area contributed by atoms with E-state index < -0.39 is 48.0 Å². The van der Waals surface area contributed by atoms with E-state index in [0.717, 1.165) is 0 Å². The molecule has 13 heteroatoms. The second-order valence-corrected chi connectivity index (χ2v) is 6.95. The van der Waals surface area contributed by atoms with Crippen LogP contribution in [0.2, 0.25) is 0 Å². The molecule has 2 aromatic heterocycles. The van der Waals surface area contributed by atoms with E-state index in [4.69, 9.17) is 18.9 Å². The Balaban J connectivity index is 2.05. The quantitative estimate of drug-likeness (QED) is 0.362. The SMILES string of the molecule is CC(=O)OCC1OC(n2cnc3nc(Br)[nH]c(=O)c32)C(OC(C)=O)C1OC(C)=O. The molecule has 3 rings (SSSR count). The molecule has 0 saturated carbocycles. The number of halogens is 1. The third-order valence-corrected chi connectivity index (χ3v) is 4.40. The van der Waals surface area contributed by atoms with Crippen LogP contribution in [0.5, 0.6) is 0 Å². The fourth-order valence-electron chi connectivity index (χ4n) is 3.04. The van der Waals surface area contributed by atoms with Crippen LogP contribution in [0, 0.1) is 0 Å². The van der Waals surface area contributed by atoms with E-state index in [9.17, 15) is 19.2 Å². The Morgan fingerprint density at radius 3 is 2.45 bits per heavy atom. The molecule has 156 valence electrons. The number of ether oxygens (including phenoxy) is 4. The highest BCUT2D eigenvalue weighted by molar-refractivity contribution is 9.10. The predicted octanol–water partition coefficient (Wildman–Crippen LogP) is 0.206. The lowest BCUT2D eigenvalue weighted by Gasteiger charge is -2.23. The molecule has 0 aliphatic carbocycles. The van der Waals surface area contributed by atoms with Crippen molar-refractivity contribution < 1.29 is 33.3 Å². The van der Waals surface area contributed by atoms with E-state index >= 15 is 0 Å². The third kappa shape index (κ3) is 4.45. The first-order valence-corrected chi connectivity index (χ1v) is 9.22. The lowest BCUT2D eigenvalue weighted by atomic mass is 10.1. The summed E-state index contributed by atoms with van der Waals surface area (Å²) in [6, 6.07) is 0. The van der Waals surface area contributed by atoms with Crippen molar-refractivity contribution in [3.63, 3.8) is 0 Å². The predicted molar refractivity (Wildman–Crippen MR) is 97.5 cm³/mol. The number of nitrogens with one attached hydrogen (secondary N) is 1. The van der Waals surface area contributed by atoms with Crippen molar-refractivity contribution in [2.75, 3.05) is 6.61 Å². The monoisotopic (exact) mass is 472 g/mol. The fraction of sp³-hybridized carbons (Fsp3) is 0.500. The van der Waals surface area contributed by atoms with Gasteiger partial charge in [-0.2, -0.15) is 0 Å². The Morgan fingerprint density at radius 1 is 1.17 bits per heavy atom. The average molecular weight is 473 g/mol. The summed E-state index contributed by atoms with van der Waals surface area (Å²) in [6.45, 7) is 3.32. The summed E-state index contributed by atoms with van der Waals surface area (Å²) >= 11 is 3.08. The van der Waals surface area contributed by atoms with E-state index in [1.165, 1.54) is 31.7 Å². The number of carbonyl (C=O) groups is 3. The maximum Gasteiger partial charge on any atom is 0.303 e. The molecule has 1 aliphatic rings. The first-order chi connectivity index (χ1) is 13.7. The molecule has 0 bridgehead atoms. The van der Waals surface area contributed by atoms with Crippen molar-refractivity contribution in [3.8, 4) is 0 Å². The Kier molecular flexibility index (Phi) is 5.98. The molecule has 0 spiro atoms. The van der Waals surface area contributed by atoms with Crippen molar-refractivity contribution in [3.05, 3.63) is 21.4 Å². The maximum atomic E-state index is 12.4. The zero-order chi connectivity index (χ0) is 21.3. The number of rotatable bonds is 5. The van der Waals surface area contributed by atoms with Gasteiger partial charge < -0.3 is 18.9 Å². The number of carbonyl (C=O) groups excluding carboxylic acids is 3. The minimum Gasteiger partial charge on any atom is -0.463 e. The number of esters is 3. The molecule has 1 saturated heterocycles. The molecule has 1 N–H and O–H groups in total. The van der Waals surface area contributed by atoms with Crippen LogP contribution < -0.4 is 5.56 Å². The van der Waals surface area contributed by atoms with Crippen LogP contribution in [0.15, 0.2) is 15.9 Å². The van der Waals surface area contributed by atoms with Gasteiger partial charge in [0.25, 0.3) is 5.56 Å². The van der Waals surface area contributed by atoms with Gasteiger partial charge in [0.1, 0.15) is 19.0 Å². The lowest BCUT2D eigenvalue weighted by Crippen LogP contribution is -2.40.